The molecule has 0 aromatic heterocycles. The first-order chi connectivity index (χ1) is 9.44. The number of nitrogens with one attached hydrogen (secondary N) is 1. The third-order valence-electron chi connectivity index (χ3n) is 3.70. The molecule has 0 bridgehead atoms. The van der Waals surface area contributed by atoms with Crippen LogP contribution in [0.1, 0.15) is 46.1 Å². The van der Waals surface area contributed by atoms with Crippen LogP contribution in [0.4, 0.5) is 0 Å². The van der Waals surface area contributed by atoms with Gasteiger partial charge in [0.1, 0.15) is 11.5 Å². The molecule has 114 valence electrons. The van der Waals surface area contributed by atoms with Crippen molar-refractivity contribution in [2.45, 2.75) is 52.0 Å². The highest BCUT2D eigenvalue weighted by molar-refractivity contribution is 5.44. The van der Waals surface area contributed by atoms with Crippen molar-refractivity contribution in [3.63, 3.8) is 0 Å². The average molecular weight is 279 g/mol. The summed E-state index contributed by atoms with van der Waals surface area (Å²) >= 11 is 0. The van der Waals surface area contributed by atoms with Crippen LogP contribution in [0, 0.1) is 0 Å². The van der Waals surface area contributed by atoms with Gasteiger partial charge in [-0.15, -0.1) is 0 Å². The van der Waals surface area contributed by atoms with Gasteiger partial charge in [0, 0.05) is 17.7 Å². The van der Waals surface area contributed by atoms with Crippen molar-refractivity contribution >= 4 is 0 Å². The fourth-order valence-corrected chi connectivity index (χ4v) is 2.70. The molecule has 0 spiro atoms. The molecular weight excluding hydrogens is 250 g/mol. The molecule has 0 fully saturated rings. The summed E-state index contributed by atoms with van der Waals surface area (Å²) in [7, 11) is 3.39. The van der Waals surface area contributed by atoms with Gasteiger partial charge in [0.2, 0.25) is 0 Å². The molecule has 0 radical (unpaired) electrons. The highest BCUT2D eigenvalue weighted by Gasteiger charge is 2.26. The smallest absolute Gasteiger partial charge is 0.126 e. The van der Waals surface area contributed by atoms with E-state index >= 15 is 0 Å². The first kappa shape index (κ1) is 16.8. The summed E-state index contributed by atoms with van der Waals surface area (Å²) in [6.07, 6.45) is 2.23. The maximum absolute atomic E-state index is 5.54. The van der Waals surface area contributed by atoms with Crippen molar-refractivity contribution in [1.82, 2.24) is 5.32 Å². The van der Waals surface area contributed by atoms with Crippen LogP contribution in [0.25, 0.3) is 0 Å². The van der Waals surface area contributed by atoms with Gasteiger partial charge in [0.15, 0.2) is 0 Å². The Kier molecular flexibility index (Phi) is 6.34. The van der Waals surface area contributed by atoms with Gasteiger partial charge in [-0.05, 0) is 37.8 Å². The Balaban J connectivity index is 2.90. The molecule has 0 aliphatic rings. The van der Waals surface area contributed by atoms with Crippen LogP contribution in [-0.4, -0.2) is 26.8 Å². The van der Waals surface area contributed by atoms with Crippen LogP contribution in [0.5, 0.6) is 11.5 Å². The molecule has 1 unspecified atom stereocenters. The van der Waals surface area contributed by atoms with Gasteiger partial charge >= 0.3 is 0 Å². The van der Waals surface area contributed by atoms with Gasteiger partial charge in [0.25, 0.3) is 0 Å². The van der Waals surface area contributed by atoms with Crippen LogP contribution in [0.3, 0.4) is 0 Å². The lowest BCUT2D eigenvalue weighted by atomic mass is 9.78. The minimum atomic E-state index is 0.0533. The van der Waals surface area contributed by atoms with E-state index in [1.54, 1.807) is 14.2 Å². The van der Waals surface area contributed by atoms with Crippen LogP contribution in [0.2, 0.25) is 0 Å². The van der Waals surface area contributed by atoms with E-state index in [1.807, 2.05) is 12.1 Å². The zero-order chi connectivity index (χ0) is 15.2. The van der Waals surface area contributed by atoms with Crippen LogP contribution >= 0.6 is 0 Å². The second-order valence-electron chi connectivity index (χ2n) is 6.01. The second-order valence-corrected chi connectivity index (χ2v) is 6.01. The molecule has 1 rings (SSSR count). The zero-order valence-corrected chi connectivity index (χ0v) is 13.7. The van der Waals surface area contributed by atoms with Crippen molar-refractivity contribution in [1.29, 1.82) is 0 Å². The van der Waals surface area contributed by atoms with Gasteiger partial charge in [0.05, 0.1) is 14.2 Å². The van der Waals surface area contributed by atoms with Crippen LogP contribution < -0.4 is 14.8 Å². The topological polar surface area (TPSA) is 30.5 Å². The third-order valence-corrected chi connectivity index (χ3v) is 3.70. The molecule has 3 nitrogen and oxygen atoms in total. The monoisotopic (exact) mass is 279 g/mol. The quantitative estimate of drug-likeness (QED) is 0.786. The normalized spacial score (nSPS) is 13.1. The summed E-state index contributed by atoms with van der Waals surface area (Å²) in [5, 5.41) is 3.55. The fraction of sp³-hybridized carbons (Fsp3) is 0.647. The molecule has 20 heavy (non-hydrogen) atoms. The summed E-state index contributed by atoms with van der Waals surface area (Å²) in [5.41, 5.74) is 1.28. The van der Waals surface area contributed by atoms with Crippen molar-refractivity contribution < 1.29 is 9.47 Å². The fourth-order valence-electron chi connectivity index (χ4n) is 2.70. The molecule has 0 saturated carbocycles. The van der Waals surface area contributed by atoms with E-state index in [-0.39, 0.29) is 5.41 Å². The first-order valence-corrected chi connectivity index (χ1v) is 7.40. The van der Waals surface area contributed by atoms with E-state index in [0.717, 1.165) is 30.9 Å². The molecule has 0 saturated heterocycles. The summed E-state index contributed by atoms with van der Waals surface area (Å²) in [5.74, 6) is 1.73. The van der Waals surface area contributed by atoms with E-state index < -0.39 is 0 Å². The first-order valence-electron chi connectivity index (χ1n) is 7.40. The molecule has 1 N–H and O–H groups in total. The van der Waals surface area contributed by atoms with Crippen molar-refractivity contribution in [2.24, 2.45) is 0 Å². The van der Waals surface area contributed by atoms with Crippen molar-refractivity contribution in [3.8, 4) is 11.5 Å². The predicted octanol–water partition coefficient (Wildman–Crippen LogP) is 3.76. The SMILES string of the molecule is CCCNC(C)CC(C)(C)c1ccc(OC)cc1OC. The summed E-state index contributed by atoms with van der Waals surface area (Å²) in [6.45, 7) is 10.0. The standard InChI is InChI=1S/C17H29NO2/c1-7-10-18-13(2)12-17(3,4)15-9-8-14(19-5)11-16(15)20-6/h8-9,11,13,18H,7,10,12H2,1-6H3. The van der Waals surface area contributed by atoms with E-state index in [0.29, 0.717) is 6.04 Å². The van der Waals surface area contributed by atoms with Crippen LogP contribution in [0.15, 0.2) is 18.2 Å². The number of rotatable bonds is 8. The van der Waals surface area contributed by atoms with Crippen molar-refractivity contribution in [2.75, 3.05) is 20.8 Å². The van der Waals surface area contributed by atoms with Gasteiger partial charge in [-0.25, -0.2) is 0 Å². The Labute approximate surface area is 123 Å². The third kappa shape index (κ3) is 4.41. The minimum Gasteiger partial charge on any atom is -0.497 e. The molecule has 1 aromatic rings. The molecular formula is C17H29NO2. The van der Waals surface area contributed by atoms with E-state index in [1.165, 1.54) is 5.56 Å². The minimum absolute atomic E-state index is 0.0533. The molecule has 0 heterocycles. The number of hydrogen-bond acceptors (Lipinski definition) is 3. The Hall–Kier alpha value is -1.22. The maximum Gasteiger partial charge on any atom is 0.126 e. The molecule has 1 aromatic carbocycles. The molecule has 1 atom stereocenters. The average Bonchev–Trinajstić information content (AvgIpc) is 2.43. The predicted molar refractivity (Wildman–Crippen MR) is 84.9 cm³/mol. The van der Waals surface area contributed by atoms with Gasteiger partial charge in [-0.3, -0.25) is 0 Å². The van der Waals surface area contributed by atoms with E-state index in [9.17, 15) is 0 Å². The van der Waals surface area contributed by atoms with E-state index in [2.05, 4.69) is 39.1 Å². The van der Waals surface area contributed by atoms with Crippen LogP contribution in [-0.2, 0) is 5.41 Å². The Morgan fingerprint density at radius 2 is 1.90 bits per heavy atom. The summed E-state index contributed by atoms with van der Waals surface area (Å²) < 4.78 is 10.8. The van der Waals surface area contributed by atoms with Gasteiger partial charge in [-0.2, -0.15) is 0 Å². The van der Waals surface area contributed by atoms with Crippen molar-refractivity contribution in [3.05, 3.63) is 23.8 Å². The summed E-state index contributed by atoms with van der Waals surface area (Å²) in [4.78, 5) is 0. The second kappa shape index (κ2) is 7.53. The summed E-state index contributed by atoms with van der Waals surface area (Å²) in [6, 6.07) is 6.56. The Morgan fingerprint density at radius 1 is 1.20 bits per heavy atom. The lowest BCUT2D eigenvalue weighted by Gasteiger charge is -2.30. The molecule has 0 aliphatic carbocycles. The molecule has 0 aliphatic heterocycles. The number of methoxy groups -OCH3 is 2. The maximum atomic E-state index is 5.54. The Morgan fingerprint density at radius 3 is 2.45 bits per heavy atom. The highest BCUT2D eigenvalue weighted by Crippen LogP contribution is 2.37. The largest absolute Gasteiger partial charge is 0.497 e. The van der Waals surface area contributed by atoms with E-state index in [4.69, 9.17) is 9.47 Å². The van der Waals surface area contributed by atoms with Gasteiger partial charge < -0.3 is 14.8 Å². The molecule has 0 amide bonds. The zero-order valence-electron chi connectivity index (χ0n) is 13.7. The number of benzene rings is 1. The van der Waals surface area contributed by atoms with Gasteiger partial charge in [-0.1, -0.05) is 26.8 Å². The lowest BCUT2D eigenvalue weighted by Crippen LogP contribution is -2.33. The molecule has 3 heteroatoms. The lowest BCUT2D eigenvalue weighted by molar-refractivity contribution is 0.354. The number of hydrogen-bond donors (Lipinski definition) is 1. The number of ether oxygens (including phenoxy) is 2. The Bertz CT molecular complexity index is 415. The highest BCUT2D eigenvalue weighted by atomic mass is 16.5.